The molecule has 1 saturated carbocycles. The third kappa shape index (κ3) is 4.26. The van der Waals surface area contributed by atoms with E-state index in [9.17, 15) is 18.0 Å². The van der Waals surface area contributed by atoms with E-state index < -0.39 is 11.7 Å². The molecule has 1 aromatic rings. The van der Waals surface area contributed by atoms with E-state index in [2.05, 4.69) is 10.2 Å². The standard InChI is InChI=1S/C18H24F3N3O/c19-18(20,21)13-5-7-16(24-8-2-1-3-9-24)15(11-13)23-17(25)12-4-6-14(22)10-12/h5,7,11-12,14H,1-4,6,8-10,22H2,(H,23,25). The van der Waals surface area contributed by atoms with E-state index in [4.69, 9.17) is 5.73 Å². The molecule has 1 amide bonds. The molecule has 138 valence electrons. The first-order chi connectivity index (χ1) is 11.8. The Morgan fingerprint density at radius 2 is 1.88 bits per heavy atom. The summed E-state index contributed by atoms with van der Waals surface area (Å²) in [6, 6.07) is 3.62. The Balaban J connectivity index is 1.86. The number of hydrogen-bond acceptors (Lipinski definition) is 3. The molecule has 1 heterocycles. The molecule has 4 nitrogen and oxygen atoms in total. The van der Waals surface area contributed by atoms with Crippen molar-refractivity contribution in [2.75, 3.05) is 23.3 Å². The summed E-state index contributed by atoms with van der Waals surface area (Å²) >= 11 is 0. The van der Waals surface area contributed by atoms with E-state index in [1.165, 1.54) is 6.07 Å². The summed E-state index contributed by atoms with van der Waals surface area (Å²) in [4.78, 5) is 14.5. The summed E-state index contributed by atoms with van der Waals surface area (Å²) < 4.78 is 39.3. The van der Waals surface area contributed by atoms with Crippen molar-refractivity contribution in [2.45, 2.75) is 50.7 Å². The van der Waals surface area contributed by atoms with E-state index in [-0.39, 0.29) is 23.6 Å². The minimum absolute atomic E-state index is 0.00109. The highest BCUT2D eigenvalue weighted by Crippen LogP contribution is 2.37. The van der Waals surface area contributed by atoms with Crippen molar-refractivity contribution in [2.24, 2.45) is 11.7 Å². The molecular weight excluding hydrogens is 331 g/mol. The Labute approximate surface area is 145 Å². The highest BCUT2D eigenvalue weighted by molar-refractivity contribution is 5.96. The van der Waals surface area contributed by atoms with Gasteiger partial charge in [0.15, 0.2) is 0 Å². The lowest BCUT2D eigenvalue weighted by Crippen LogP contribution is -2.31. The maximum Gasteiger partial charge on any atom is 0.416 e. The number of hydrogen-bond donors (Lipinski definition) is 2. The Hall–Kier alpha value is -1.76. The molecule has 2 atom stereocenters. The Bertz CT molecular complexity index is 626. The van der Waals surface area contributed by atoms with Crippen molar-refractivity contribution in [3.63, 3.8) is 0 Å². The van der Waals surface area contributed by atoms with Crippen LogP contribution in [0.5, 0.6) is 0 Å². The first-order valence-electron chi connectivity index (χ1n) is 8.87. The largest absolute Gasteiger partial charge is 0.416 e. The van der Waals surface area contributed by atoms with Crippen molar-refractivity contribution in [1.29, 1.82) is 0 Å². The van der Waals surface area contributed by atoms with E-state index >= 15 is 0 Å². The summed E-state index contributed by atoms with van der Waals surface area (Å²) in [5.74, 6) is -0.454. The number of alkyl halides is 3. The van der Waals surface area contributed by atoms with Gasteiger partial charge in [0.2, 0.25) is 5.91 Å². The normalized spacial score (nSPS) is 24.4. The van der Waals surface area contributed by atoms with Crippen LogP contribution in [0.2, 0.25) is 0 Å². The zero-order valence-corrected chi connectivity index (χ0v) is 14.1. The summed E-state index contributed by atoms with van der Waals surface area (Å²) in [5, 5.41) is 2.75. The Morgan fingerprint density at radius 3 is 2.48 bits per heavy atom. The third-order valence-electron chi connectivity index (χ3n) is 5.12. The van der Waals surface area contributed by atoms with Gasteiger partial charge in [0, 0.05) is 25.0 Å². The minimum atomic E-state index is -4.43. The zero-order chi connectivity index (χ0) is 18.0. The number of rotatable bonds is 3. The fourth-order valence-corrected chi connectivity index (χ4v) is 3.71. The summed E-state index contributed by atoms with van der Waals surface area (Å²) in [5.41, 5.74) is 6.03. The summed E-state index contributed by atoms with van der Waals surface area (Å²) in [6.45, 7) is 1.59. The first kappa shape index (κ1) is 18.0. The molecule has 1 saturated heterocycles. The van der Waals surface area contributed by atoms with Crippen LogP contribution >= 0.6 is 0 Å². The number of piperidine rings is 1. The van der Waals surface area contributed by atoms with Crippen LogP contribution in [0.15, 0.2) is 18.2 Å². The molecule has 0 bridgehead atoms. The second-order valence-electron chi connectivity index (χ2n) is 7.04. The molecular formula is C18H24F3N3O. The van der Waals surface area contributed by atoms with Crippen LogP contribution in [0.3, 0.4) is 0 Å². The second-order valence-corrected chi connectivity index (χ2v) is 7.04. The topological polar surface area (TPSA) is 58.4 Å². The van der Waals surface area contributed by atoms with Gasteiger partial charge in [-0.15, -0.1) is 0 Å². The van der Waals surface area contributed by atoms with Gasteiger partial charge in [0.05, 0.1) is 16.9 Å². The predicted molar refractivity (Wildman–Crippen MR) is 91.5 cm³/mol. The van der Waals surface area contributed by atoms with Crippen molar-refractivity contribution < 1.29 is 18.0 Å². The van der Waals surface area contributed by atoms with Gasteiger partial charge in [-0.25, -0.2) is 0 Å². The molecule has 0 radical (unpaired) electrons. The molecule has 0 aromatic heterocycles. The van der Waals surface area contributed by atoms with Gasteiger partial charge in [0.25, 0.3) is 0 Å². The molecule has 3 N–H and O–H groups in total. The van der Waals surface area contributed by atoms with Crippen LogP contribution in [-0.4, -0.2) is 25.0 Å². The van der Waals surface area contributed by atoms with Gasteiger partial charge in [-0.3, -0.25) is 4.79 Å². The van der Waals surface area contributed by atoms with Crippen LogP contribution in [-0.2, 0) is 11.0 Å². The molecule has 7 heteroatoms. The molecule has 2 aliphatic rings. The second kappa shape index (κ2) is 7.23. The number of carbonyl (C=O) groups excluding carboxylic acids is 1. The van der Waals surface area contributed by atoms with Crippen LogP contribution < -0.4 is 16.0 Å². The number of nitrogens with zero attached hydrogens (tertiary/aromatic N) is 1. The van der Waals surface area contributed by atoms with E-state index in [1.54, 1.807) is 0 Å². The lowest BCUT2D eigenvalue weighted by molar-refractivity contribution is -0.137. The van der Waals surface area contributed by atoms with Crippen molar-refractivity contribution in [1.82, 2.24) is 0 Å². The average Bonchev–Trinajstić information content (AvgIpc) is 3.01. The minimum Gasteiger partial charge on any atom is -0.370 e. The summed E-state index contributed by atoms with van der Waals surface area (Å²) in [6.07, 6.45) is 0.751. The van der Waals surface area contributed by atoms with Crippen molar-refractivity contribution in [3.8, 4) is 0 Å². The number of benzene rings is 1. The quantitative estimate of drug-likeness (QED) is 0.868. The van der Waals surface area contributed by atoms with E-state index in [1.807, 2.05) is 0 Å². The first-order valence-corrected chi connectivity index (χ1v) is 8.87. The smallest absolute Gasteiger partial charge is 0.370 e. The van der Waals surface area contributed by atoms with Crippen LogP contribution in [0.4, 0.5) is 24.5 Å². The predicted octanol–water partition coefficient (Wildman–Crippen LogP) is 3.76. The van der Waals surface area contributed by atoms with Gasteiger partial charge >= 0.3 is 6.18 Å². The number of carbonyl (C=O) groups is 1. The van der Waals surface area contributed by atoms with Gasteiger partial charge in [0.1, 0.15) is 0 Å². The van der Waals surface area contributed by atoms with Crippen LogP contribution in [0.1, 0.15) is 44.1 Å². The van der Waals surface area contributed by atoms with E-state index in [0.29, 0.717) is 18.5 Å². The molecule has 1 aliphatic heterocycles. The Morgan fingerprint density at radius 1 is 1.16 bits per heavy atom. The molecule has 1 aromatic carbocycles. The highest BCUT2D eigenvalue weighted by atomic mass is 19.4. The molecule has 3 rings (SSSR count). The molecule has 1 aliphatic carbocycles. The molecule has 25 heavy (non-hydrogen) atoms. The van der Waals surface area contributed by atoms with Gasteiger partial charge < -0.3 is 16.0 Å². The zero-order valence-electron chi connectivity index (χ0n) is 14.1. The van der Waals surface area contributed by atoms with Crippen molar-refractivity contribution >= 4 is 17.3 Å². The number of halogens is 3. The number of nitrogens with two attached hydrogens (primary N) is 1. The fourth-order valence-electron chi connectivity index (χ4n) is 3.71. The van der Waals surface area contributed by atoms with Gasteiger partial charge in [-0.05, 0) is 56.7 Å². The lowest BCUT2D eigenvalue weighted by atomic mass is 10.0. The summed E-state index contributed by atoms with van der Waals surface area (Å²) in [7, 11) is 0. The fraction of sp³-hybridized carbons (Fsp3) is 0.611. The van der Waals surface area contributed by atoms with Crippen molar-refractivity contribution in [3.05, 3.63) is 23.8 Å². The monoisotopic (exact) mass is 355 g/mol. The maximum atomic E-state index is 13.1. The number of nitrogens with one attached hydrogen (secondary N) is 1. The molecule has 2 fully saturated rings. The SMILES string of the molecule is NC1CCC(C(=O)Nc2cc(C(F)(F)F)ccc2N2CCCCC2)C1. The highest BCUT2D eigenvalue weighted by Gasteiger charge is 2.33. The van der Waals surface area contributed by atoms with Crippen LogP contribution in [0.25, 0.3) is 0 Å². The average molecular weight is 355 g/mol. The lowest BCUT2D eigenvalue weighted by Gasteiger charge is -2.31. The van der Waals surface area contributed by atoms with Gasteiger partial charge in [-0.2, -0.15) is 13.2 Å². The number of anilines is 2. The molecule has 2 unspecified atom stereocenters. The third-order valence-corrected chi connectivity index (χ3v) is 5.12. The van der Waals surface area contributed by atoms with E-state index in [0.717, 1.165) is 50.9 Å². The van der Waals surface area contributed by atoms with Crippen LogP contribution in [0, 0.1) is 5.92 Å². The number of amides is 1. The Kier molecular flexibility index (Phi) is 5.22. The molecule has 0 spiro atoms. The maximum absolute atomic E-state index is 13.1. The van der Waals surface area contributed by atoms with Gasteiger partial charge in [-0.1, -0.05) is 0 Å².